The van der Waals surface area contributed by atoms with Gasteiger partial charge in [0.1, 0.15) is 0 Å². The minimum atomic E-state index is 0.806. The molecular weight excluding hydrogens is 234 g/mol. The van der Waals surface area contributed by atoms with E-state index in [-0.39, 0.29) is 0 Å². The molecular formula is C17H35NO. The van der Waals surface area contributed by atoms with E-state index in [0.717, 1.165) is 26.1 Å². The zero-order valence-corrected chi connectivity index (χ0v) is 13.5. The summed E-state index contributed by atoms with van der Waals surface area (Å²) in [5.74, 6) is 0. The molecule has 0 fully saturated rings. The normalized spacial score (nSPS) is 12.1. The summed E-state index contributed by atoms with van der Waals surface area (Å²) in [6.07, 6.45) is 14.6. The smallest absolute Gasteiger partial charge is 0.0587 e. The number of hydrogen-bond acceptors (Lipinski definition) is 2. The van der Waals surface area contributed by atoms with Crippen LogP contribution in [-0.4, -0.2) is 26.8 Å². The molecule has 0 aliphatic rings. The molecule has 1 N–H and O–H groups in total. The summed E-state index contributed by atoms with van der Waals surface area (Å²) in [4.78, 5) is 0. The van der Waals surface area contributed by atoms with Gasteiger partial charge in [-0.2, -0.15) is 0 Å². The van der Waals surface area contributed by atoms with E-state index >= 15 is 0 Å². The predicted molar refractivity (Wildman–Crippen MR) is 85.7 cm³/mol. The van der Waals surface area contributed by atoms with E-state index in [9.17, 15) is 0 Å². The molecule has 2 nitrogen and oxygen atoms in total. The Morgan fingerprint density at radius 1 is 1.00 bits per heavy atom. The molecule has 114 valence electrons. The summed E-state index contributed by atoms with van der Waals surface area (Å²) in [7, 11) is 1.74. The molecule has 0 atom stereocenters. The van der Waals surface area contributed by atoms with Crippen LogP contribution in [0.1, 0.15) is 71.6 Å². The van der Waals surface area contributed by atoms with Gasteiger partial charge in [-0.25, -0.2) is 0 Å². The highest BCUT2D eigenvalue weighted by molar-refractivity contribution is 4.97. The first-order chi connectivity index (χ1) is 9.31. The number of rotatable bonds is 14. The van der Waals surface area contributed by atoms with Gasteiger partial charge in [0, 0.05) is 13.7 Å². The first kappa shape index (κ1) is 18.7. The van der Waals surface area contributed by atoms with Crippen LogP contribution in [0, 0.1) is 0 Å². The molecule has 0 aromatic rings. The van der Waals surface area contributed by atoms with Crippen molar-refractivity contribution in [2.75, 3.05) is 26.8 Å². The fraction of sp³-hybridized carbons (Fsp3) is 0.882. The van der Waals surface area contributed by atoms with Crippen LogP contribution < -0.4 is 5.32 Å². The number of unbranched alkanes of at least 4 members (excludes halogenated alkanes) is 6. The van der Waals surface area contributed by atoms with E-state index in [4.69, 9.17) is 4.74 Å². The van der Waals surface area contributed by atoms with E-state index in [1.54, 1.807) is 12.7 Å². The van der Waals surface area contributed by atoms with Gasteiger partial charge < -0.3 is 10.1 Å². The van der Waals surface area contributed by atoms with E-state index in [1.165, 1.54) is 51.4 Å². The number of ether oxygens (including phenoxy) is 1. The predicted octanol–water partition coefficient (Wildman–Crippen LogP) is 4.70. The van der Waals surface area contributed by atoms with Crippen LogP contribution in [0.15, 0.2) is 11.6 Å². The first-order valence-electron chi connectivity index (χ1n) is 8.16. The number of allylic oxidation sites excluding steroid dienone is 1. The standard InChI is InChI=1S/C17H35NO/c1-4-5-6-7-8-9-10-12-17(2)13-11-14-18-15-16-19-3/h13,18H,4-12,14-16H2,1-3H3. The molecule has 0 rings (SSSR count). The van der Waals surface area contributed by atoms with Crippen molar-refractivity contribution in [3.63, 3.8) is 0 Å². The molecule has 0 aliphatic carbocycles. The first-order valence-corrected chi connectivity index (χ1v) is 8.16. The van der Waals surface area contributed by atoms with Gasteiger partial charge in [-0.05, 0) is 32.7 Å². The van der Waals surface area contributed by atoms with Crippen LogP contribution in [0.2, 0.25) is 0 Å². The Balaban J connectivity index is 3.25. The van der Waals surface area contributed by atoms with E-state index < -0.39 is 0 Å². The van der Waals surface area contributed by atoms with Gasteiger partial charge in [0.25, 0.3) is 0 Å². The lowest BCUT2D eigenvalue weighted by Crippen LogP contribution is -2.19. The SMILES string of the molecule is CCCCCCCCCC(C)=CCCNCCOC. The van der Waals surface area contributed by atoms with Gasteiger partial charge in [0.15, 0.2) is 0 Å². The lowest BCUT2D eigenvalue weighted by Gasteiger charge is -2.04. The summed E-state index contributed by atoms with van der Waals surface area (Å²) < 4.78 is 4.99. The Bertz CT molecular complexity index is 201. The van der Waals surface area contributed by atoms with Gasteiger partial charge in [-0.15, -0.1) is 0 Å². The lowest BCUT2D eigenvalue weighted by molar-refractivity contribution is 0.199. The highest BCUT2D eigenvalue weighted by Gasteiger charge is 1.93. The molecule has 0 radical (unpaired) electrons. The second kappa shape index (κ2) is 15.7. The number of methoxy groups -OCH3 is 1. The van der Waals surface area contributed by atoms with Gasteiger partial charge in [0.05, 0.1) is 6.61 Å². The van der Waals surface area contributed by atoms with Gasteiger partial charge in [0.2, 0.25) is 0 Å². The monoisotopic (exact) mass is 269 g/mol. The zero-order chi connectivity index (χ0) is 14.2. The number of nitrogens with one attached hydrogen (secondary N) is 1. The quantitative estimate of drug-likeness (QED) is 0.364. The third-order valence-corrected chi connectivity index (χ3v) is 3.47. The molecule has 0 saturated carbocycles. The Hall–Kier alpha value is -0.340. The van der Waals surface area contributed by atoms with E-state index in [1.807, 2.05) is 0 Å². The molecule has 0 amide bonds. The Labute approximate surface area is 121 Å². The maximum absolute atomic E-state index is 4.99. The van der Waals surface area contributed by atoms with Crippen molar-refractivity contribution in [2.45, 2.75) is 71.6 Å². The molecule has 2 heteroatoms. The van der Waals surface area contributed by atoms with Gasteiger partial charge in [-0.1, -0.05) is 57.1 Å². The maximum atomic E-state index is 4.99. The van der Waals surface area contributed by atoms with Crippen LogP contribution in [0.3, 0.4) is 0 Å². The van der Waals surface area contributed by atoms with E-state index in [0.29, 0.717) is 0 Å². The fourth-order valence-corrected chi connectivity index (χ4v) is 2.18. The average Bonchev–Trinajstić information content (AvgIpc) is 2.41. The van der Waals surface area contributed by atoms with Gasteiger partial charge in [-0.3, -0.25) is 0 Å². The molecule has 19 heavy (non-hydrogen) atoms. The van der Waals surface area contributed by atoms with Gasteiger partial charge >= 0.3 is 0 Å². The largest absolute Gasteiger partial charge is 0.383 e. The van der Waals surface area contributed by atoms with Crippen LogP contribution in [0.4, 0.5) is 0 Å². The molecule has 0 heterocycles. The van der Waals surface area contributed by atoms with Crippen LogP contribution in [0.25, 0.3) is 0 Å². The van der Waals surface area contributed by atoms with Crippen molar-refractivity contribution < 1.29 is 4.74 Å². The fourth-order valence-electron chi connectivity index (χ4n) is 2.18. The molecule has 0 aromatic carbocycles. The maximum Gasteiger partial charge on any atom is 0.0587 e. The van der Waals surface area contributed by atoms with Crippen molar-refractivity contribution in [3.05, 3.63) is 11.6 Å². The second-order valence-electron chi connectivity index (χ2n) is 5.45. The highest BCUT2D eigenvalue weighted by atomic mass is 16.5. The molecule has 0 spiro atoms. The molecule has 0 saturated heterocycles. The summed E-state index contributed by atoms with van der Waals surface area (Å²) in [5, 5.41) is 3.37. The topological polar surface area (TPSA) is 21.3 Å². The van der Waals surface area contributed by atoms with Crippen molar-refractivity contribution in [2.24, 2.45) is 0 Å². The summed E-state index contributed by atoms with van der Waals surface area (Å²) in [6, 6.07) is 0. The summed E-state index contributed by atoms with van der Waals surface area (Å²) in [6.45, 7) is 7.38. The molecule has 0 bridgehead atoms. The number of hydrogen-bond donors (Lipinski definition) is 1. The average molecular weight is 269 g/mol. The van der Waals surface area contributed by atoms with Crippen LogP contribution in [-0.2, 0) is 4.74 Å². The minimum Gasteiger partial charge on any atom is -0.383 e. The van der Waals surface area contributed by atoms with Crippen molar-refractivity contribution in [1.29, 1.82) is 0 Å². The van der Waals surface area contributed by atoms with Crippen molar-refractivity contribution in [1.82, 2.24) is 5.32 Å². The molecule has 0 unspecified atom stereocenters. The summed E-state index contributed by atoms with van der Waals surface area (Å²) in [5.41, 5.74) is 1.56. The van der Waals surface area contributed by atoms with E-state index in [2.05, 4.69) is 25.2 Å². The highest BCUT2D eigenvalue weighted by Crippen LogP contribution is 2.12. The Kier molecular flexibility index (Phi) is 15.4. The second-order valence-corrected chi connectivity index (χ2v) is 5.45. The lowest BCUT2D eigenvalue weighted by atomic mass is 10.0. The Morgan fingerprint density at radius 2 is 1.68 bits per heavy atom. The molecule has 0 aromatic heterocycles. The minimum absolute atomic E-state index is 0.806. The van der Waals surface area contributed by atoms with Crippen molar-refractivity contribution in [3.8, 4) is 0 Å². The third kappa shape index (κ3) is 15.6. The zero-order valence-electron chi connectivity index (χ0n) is 13.5. The van der Waals surface area contributed by atoms with Crippen LogP contribution >= 0.6 is 0 Å². The molecule has 0 aliphatic heterocycles. The van der Waals surface area contributed by atoms with Crippen molar-refractivity contribution >= 4 is 0 Å². The third-order valence-electron chi connectivity index (χ3n) is 3.47. The van der Waals surface area contributed by atoms with Crippen LogP contribution in [0.5, 0.6) is 0 Å². The summed E-state index contributed by atoms with van der Waals surface area (Å²) >= 11 is 0. The Morgan fingerprint density at radius 3 is 2.37 bits per heavy atom.